The van der Waals surface area contributed by atoms with Crippen molar-refractivity contribution in [1.82, 2.24) is 4.90 Å². The van der Waals surface area contributed by atoms with E-state index < -0.39 is 24.4 Å². The summed E-state index contributed by atoms with van der Waals surface area (Å²) in [5.74, 6) is -1.87. The van der Waals surface area contributed by atoms with Crippen LogP contribution in [0.2, 0.25) is 0 Å². The molecule has 1 aliphatic heterocycles. The van der Waals surface area contributed by atoms with Crippen LogP contribution in [-0.4, -0.2) is 55.3 Å². The van der Waals surface area contributed by atoms with Crippen molar-refractivity contribution < 1.29 is 28.7 Å². The van der Waals surface area contributed by atoms with Gasteiger partial charge in [0.15, 0.2) is 6.61 Å². The third kappa shape index (κ3) is 4.56. The Morgan fingerprint density at radius 1 is 0.903 bits per heavy atom. The summed E-state index contributed by atoms with van der Waals surface area (Å²) in [6, 6.07) is 7.93. The molecule has 0 aliphatic carbocycles. The molecule has 0 fully saturated rings. The Labute approximate surface area is 180 Å². The van der Waals surface area contributed by atoms with Crippen molar-refractivity contribution in [2.24, 2.45) is 0 Å². The summed E-state index contributed by atoms with van der Waals surface area (Å²) < 4.78 is 10.1. The molecular weight excluding hydrogens is 398 g/mol. The largest absolute Gasteiger partial charge is 0.454 e. The van der Waals surface area contributed by atoms with Crippen LogP contribution in [0, 0.1) is 20.8 Å². The highest BCUT2D eigenvalue weighted by Gasteiger charge is 2.35. The number of methoxy groups -OCH3 is 1. The monoisotopic (exact) mass is 423 g/mol. The maximum Gasteiger partial charge on any atom is 0.338 e. The number of ketones is 1. The first-order valence-corrected chi connectivity index (χ1v) is 10.0. The molecule has 1 aliphatic rings. The van der Waals surface area contributed by atoms with Gasteiger partial charge in [-0.25, -0.2) is 4.79 Å². The van der Waals surface area contributed by atoms with Crippen molar-refractivity contribution in [3.8, 4) is 0 Å². The predicted octanol–water partition coefficient (Wildman–Crippen LogP) is 3.28. The molecule has 0 spiro atoms. The number of rotatable bonds is 8. The number of amides is 2. The predicted molar refractivity (Wildman–Crippen MR) is 114 cm³/mol. The minimum atomic E-state index is -0.726. The Bertz CT molecular complexity index is 1070. The van der Waals surface area contributed by atoms with Crippen LogP contribution in [0.15, 0.2) is 30.3 Å². The maximum absolute atomic E-state index is 12.6. The van der Waals surface area contributed by atoms with Gasteiger partial charge in [-0.05, 0) is 68.1 Å². The SMILES string of the molecule is COCCCN1C(=O)c2ccc(C(=O)OCC(=O)c3cc(C)c(C)cc3C)cc2C1=O. The quantitative estimate of drug-likeness (QED) is 0.280. The number of aryl methyl sites for hydroxylation is 3. The standard InChI is InChI=1S/C24H25NO6/c1-14-10-16(3)19(11-15(14)2)21(26)13-31-24(29)17-6-7-18-20(12-17)23(28)25(22(18)27)8-5-9-30-4/h6-7,10-12H,5,8-9,13H2,1-4H3. The van der Waals surface area contributed by atoms with E-state index in [0.717, 1.165) is 21.6 Å². The number of carbonyl (C=O) groups is 4. The highest BCUT2D eigenvalue weighted by atomic mass is 16.5. The van der Waals surface area contributed by atoms with Crippen molar-refractivity contribution in [3.63, 3.8) is 0 Å². The lowest BCUT2D eigenvalue weighted by Gasteiger charge is -2.12. The summed E-state index contributed by atoms with van der Waals surface area (Å²) in [7, 11) is 1.55. The van der Waals surface area contributed by atoms with E-state index >= 15 is 0 Å². The van der Waals surface area contributed by atoms with Gasteiger partial charge in [0.25, 0.3) is 11.8 Å². The smallest absolute Gasteiger partial charge is 0.338 e. The number of hydrogen-bond donors (Lipinski definition) is 0. The fourth-order valence-corrected chi connectivity index (χ4v) is 3.54. The van der Waals surface area contributed by atoms with E-state index in [1.807, 2.05) is 26.8 Å². The zero-order valence-corrected chi connectivity index (χ0v) is 18.1. The molecule has 1 heterocycles. The second kappa shape index (κ2) is 9.22. The molecule has 0 saturated heterocycles. The summed E-state index contributed by atoms with van der Waals surface area (Å²) in [6.45, 7) is 5.98. The molecule has 0 radical (unpaired) electrons. The van der Waals surface area contributed by atoms with Crippen LogP contribution in [-0.2, 0) is 9.47 Å². The third-order valence-corrected chi connectivity index (χ3v) is 5.41. The van der Waals surface area contributed by atoms with E-state index in [9.17, 15) is 19.2 Å². The molecule has 2 amide bonds. The molecule has 0 aromatic heterocycles. The lowest BCUT2D eigenvalue weighted by Crippen LogP contribution is -2.31. The molecule has 7 nitrogen and oxygen atoms in total. The van der Waals surface area contributed by atoms with Gasteiger partial charge < -0.3 is 9.47 Å². The van der Waals surface area contributed by atoms with Crippen molar-refractivity contribution in [1.29, 1.82) is 0 Å². The fourth-order valence-electron chi connectivity index (χ4n) is 3.54. The van der Waals surface area contributed by atoms with Crippen molar-refractivity contribution in [2.45, 2.75) is 27.2 Å². The molecule has 0 saturated carbocycles. The van der Waals surface area contributed by atoms with E-state index in [1.165, 1.54) is 18.2 Å². The zero-order chi connectivity index (χ0) is 22.7. The summed E-state index contributed by atoms with van der Waals surface area (Å²) in [6.07, 6.45) is 0.525. The number of imide groups is 1. The van der Waals surface area contributed by atoms with Gasteiger partial charge in [-0.15, -0.1) is 0 Å². The highest BCUT2D eigenvalue weighted by molar-refractivity contribution is 6.22. The maximum atomic E-state index is 12.6. The van der Waals surface area contributed by atoms with Crippen LogP contribution in [0.5, 0.6) is 0 Å². The average Bonchev–Trinajstić information content (AvgIpc) is 2.98. The number of hydrogen-bond acceptors (Lipinski definition) is 6. The van der Waals surface area contributed by atoms with E-state index in [2.05, 4.69) is 0 Å². The van der Waals surface area contributed by atoms with E-state index in [1.54, 1.807) is 13.2 Å². The topological polar surface area (TPSA) is 90.0 Å². The summed E-state index contributed by atoms with van der Waals surface area (Å²) in [5.41, 5.74) is 3.92. The highest BCUT2D eigenvalue weighted by Crippen LogP contribution is 2.24. The normalized spacial score (nSPS) is 12.8. The molecule has 2 aromatic rings. The van der Waals surface area contributed by atoms with Gasteiger partial charge in [-0.1, -0.05) is 6.07 Å². The number of esters is 1. The summed E-state index contributed by atoms with van der Waals surface area (Å²) in [4.78, 5) is 51.2. The lowest BCUT2D eigenvalue weighted by molar-refractivity contribution is 0.0474. The Morgan fingerprint density at radius 2 is 1.58 bits per heavy atom. The summed E-state index contributed by atoms with van der Waals surface area (Å²) in [5, 5.41) is 0. The van der Waals surface area contributed by atoms with Gasteiger partial charge in [0.1, 0.15) is 0 Å². The Morgan fingerprint density at radius 3 is 2.29 bits per heavy atom. The first-order chi connectivity index (χ1) is 14.7. The van der Waals surface area contributed by atoms with Gasteiger partial charge in [-0.3, -0.25) is 19.3 Å². The lowest BCUT2D eigenvalue weighted by atomic mass is 9.98. The molecule has 0 atom stereocenters. The zero-order valence-electron chi connectivity index (χ0n) is 18.1. The Kier molecular flexibility index (Phi) is 6.65. The van der Waals surface area contributed by atoms with Gasteiger partial charge in [0.05, 0.1) is 16.7 Å². The van der Waals surface area contributed by atoms with Crippen molar-refractivity contribution >= 4 is 23.6 Å². The van der Waals surface area contributed by atoms with Crippen LogP contribution >= 0.6 is 0 Å². The van der Waals surface area contributed by atoms with E-state index in [4.69, 9.17) is 9.47 Å². The first-order valence-electron chi connectivity index (χ1n) is 10.0. The van der Waals surface area contributed by atoms with Crippen LogP contribution < -0.4 is 0 Å². The average molecular weight is 423 g/mol. The minimum Gasteiger partial charge on any atom is -0.454 e. The summed E-state index contributed by atoms with van der Waals surface area (Å²) >= 11 is 0. The van der Waals surface area contributed by atoms with E-state index in [-0.39, 0.29) is 29.0 Å². The van der Waals surface area contributed by atoms with Crippen LogP contribution in [0.3, 0.4) is 0 Å². The Balaban J connectivity index is 1.69. The second-order valence-corrected chi connectivity index (χ2v) is 7.62. The number of Topliss-reactive ketones (excluding diaryl/α,β-unsaturated/α-hetero) is 1. The minimum absolute atomic E-state index is 0.114. The number of benzene rings is 2. The molecule has 0 unspecified atom stereocenters. The number of ether oxygens (including phenoxy) is 2. The molecular formula is C24H25NO6. The molecule has 2 aromatic carbocycles. The second-order valence-electron chi connectivity index (χ2n) is 7.62. The molecule has 7 heteroatoms. The first kappa shape index (κ1) is 22.4. The number of carbonyl (C=O) groups excluding carboxylic acids is 4. The molecule has 0 N–H and O–H groups in total. The van der Waals surface area contributed by atoms with Crippen LogP contribution in [0.1, 0.15) is 64.5 Å². The van der Waals surface area contributed by atoms with Crippen molar-refractivity contribution in [3.05, 3.63) is 69.3 Å². The van der Waals surface area contributed by atoms with Crippen molar-refractivity contribution in [2.75, 3.05) is 26.9 Å². The van der Waals surface area contributed by atoms with Gasteiger partial charge in [-0.2, -0.15) is 0 Å². The van der Waals surface area contributed by atoms with Crippen LogP contribution in [0.25, 0.3) is 0 Å². The van der Waals surface area contributed by atoms with E-state index in [0.29, 0.717) is 18.6 Å². The van der Waals surface area contributed by atoms with Gasteiger partial charge in [0, 0.05) is 25.8 Å². The number of nitrogens with zero attached hydrogens (tertiary/aromatic N) is 1. The number of fused-ring (bicyclic) bond motifs is 1. The van der Waals surface area contributed by atoms with Gasteiger partial charge in [0.2, 0.25) is 5.78 Å². The molecule has 0 bridgehead atoms. The fraction of sp³-hybridized carbons (Fsp3) is 0.333. The third-order valence-electron chi connectivity index (χ3n) is 5.41. The molecule has 31 heavy (non-hydrogen) atoms. The molecule has 162 valence electrons. The van der Waals surface area contributed by atoms with Gasteiger partial charge >= 0.3 is 5.97 Å². The van der Waals surface area contributed by atoms with Crippen LogP contribution in [0.4, 0.5) is 0 Å². The molecule has 3 rings (SSSR count). The Hall–Kier alpha value is -3.32.